The average Bonchev–Trinajstić information content (AvgIpc) is 3.03. The molecule has 2 heterocycles. The molecule has 0 saturated heterocycles. The fourth-order valence-corrected chi connectivity index (χ4v) is 2.26. The number of aldehydes is 1. The number of aryl methyl sites for hydroxylation is 1. The van der Waals surface area contributed by atoms with Crippen LogP contribution >= 0.6 is 0 Å². The van der Waals surface area contributed by atoms with E-state index in [0.717, 1.165) is 33.9 Å². The topological polar surface area (TPSA) is 55.0 Å². The monoisotopic (exact) mass is 290 g/mol. The van der Waals surface area contributed by atoms with Crippen molar-refractivity contribution in [3.05, 3.63) is 58.9 Å². The van der Waals surface area contributed by atoms with Crippen LogP contribution in [0.25, 0.3) is 10.9 Å². The van der Waals surface area contributed by atoms with Crippen LogP contribution in [0.2, 0.25) is 0 Å². The van der Waals surface area contributed by atoms with E-state index in [2.05, 4.69) is 21.8 Å². The maximum absolute atomic E-state index is 10.9. The van der Waals surface area contributed by atoms with Gasteiger partial charge in [-0.15, -0.1) is 0 Å². The van der Waals surface area contributed by atoms with Crippen LogP contribution < -0.4 is 4.74 Å². The van der Waals surface area contributed by atoms with Crippen LogP contribution in [0.1, 0.15) is 27.0 Å². The Kier molecular flexibility index (Phi) is 3.63. The van der Waals surface area contributed by atoms with E-state index in [4.69, 9.17) is 4.74 Å². The van der Waals surface area contributed by atoms with Gasteiger partial charge in [-0.25, -0.2) is 4.98 Å². The molecule has 4 heteroatoms. The minimum absolute atomic E-state index is 0.546. The number of hydrogen-bond acceptors (Lipinski definition) is 3. The summed E-state index contributed by atoms with van der Waals surface area (Å²) < 4.78 is 5.22. The molecule has 108 valence electrons. The Morgan fingerprint density at radius 2 is 2.05 bits per heavy atom. The van der Waals surface area contributed by atoms with Crippen LogP contribution in [0.4, 0.5) is 0 Å². The van der Waals surface area contributed by atoms with Gasteiger partial charge < -0.3 is 9.72 Å². The van der Waals surface area contributed by atoms with Crippen LogP contribution in [0.15, 0.2) is 36.7 Å². The molecule has 0 aliphatic heterocycles. The maximum atomic E-state index is 10.9. The van der Waals surface area contributed by atoms with E-state index in [0.29, 0.717) is 11.4 Å². The van der Waals surface area contributed by atoms with Crippen LogP contribution in [0.5, 0.6) is 5.88 Å². The van der Waals surface area contributed by atoms with E-state index in [1.807, 2.05) is 25.3 Å². The summed E-state index contributed by atoms with van der Waals surface area (Å²) in [4.78, 5) is 18.2. The van der Waals surface area contributed by atoms with Gasteiger partial charge in [-0.05, 0) is 24.6 Å². The number of pyridine rings is 1. The number of aromatic nitrogens is 2. The number of aromatic amines is 1. The Morgan fingerprint density at radius 3 is 2.82 bits per heavy atom. The Bertz CT molecular complexity index is 914. The van der Waals surface area contributed by atoms with E-state index in [1.165, 1.54) is 0 Å². The van der Waals surface area contributed by atoms with Gasteiger partial charge in [0.2, 0.25) is 5.88 Å². The highest BCUT2D eigenvalue weighted by atomic mass is 16.5. The minimum atomic E-state index is 0.546. The number of nitrogens with zero attached hydrogens (tertiary/aromatic N) is 1. The molecule has 0 amide bonds. The molecule has 1 N–H and O–H groups in total. The van der Waals surface area contributed by atoms with Gasteiger partial charge in [0, 0.05) is 28.9 Å². The molecule has 0 fully saturated rings. The number of carbonyl (C=O) groups is 1. The van der Waals surface area contributed by atoms with Crippen LogP contribution in [-0.4, -0.2) is 23.4 Å². The van der Waals surface area contributed by atoms with Gasteiger partial charge in [0.05, 0.1) is 12.7 Å². The molecule has 2 aromatic heterocycles. The molecule has 22 heavy (non-hydrogen) atoms. The molecule has 0 aliphatic carbocycles. The van der Waals surface area contributed by atoms with Gasteiger partial charge in [-0.1, -0.05) is 24.0 Å². The first-order valence-corrected chi connectivity index (χ1v) is 6.81. The first-order valence-electron chi connectivity index (χ1n) is 6.81. The average molecular weight is 290 g/mol. The predicted molar refractivity (Wildman–Crippen MR) is 85.2 cm³/mol. The number of ether oxygens (including phenoxy) is 1. The second kappa shape index (κ2) is 5.74. The molecule has 0 bridgehead atoms. The molecule has 1 aromatic carbocycles. The van der Waals surface area contributed by atoms with Gasteiger partial charge in [-0.2, -0.15) is 0 Å². The van der Waals surface area contributed by atoms with E-state index in [1.54, 1.807) is 25.4 Å². The van der Waals surface area contributed by atoms with Gasteiger partial charge in [0.25, 0.3) is 0 Å². The predicted octanol–water partition coefficient (Wildman–Crippen LogP) is 3.09. The number of carbonyl (C=O) groups excluding carboxylic acids is 1. The molecule has 3 rings (SSSR count). The quantitative estimate of drug-likeness (QED) is 0.583. The van der Waals surface area contributed by atoms with E-state index in [-0.39, 0.29) is 0 Å². The zero-order chi connectivity index (χ0) is 15.5. The van der Waals surface area contributed by atoms with Crippen LogP contribution in [0.3, 0.4) is 0 Å². The summed E-state index contributed by atoms with van der Waals surface area (Å²) in [5, 5.41) is 0.962. The van der Waals surface area contributed by atoms with Crippen molar-refractivity contribution in [1.29, 1.82) is 0 Å². The lowest BCUT2D eigenvalue weighted by molar-refractivity contribution is 0.112. The summed E-state index contributed by atoms with van der Waals surface area (Å²) in [5.41, 5.74) is 4.13. The fraction of sp³-hybridized carbons (Fsp3) is 0.111. The molecule has 4 nitrogen and oxygen atoms in total. The van der Waals surface area contributed by atoms with Crippen LogP contribution in [-0.2, 0) is 0 Å². The molecule has 0 radical (unpaired) electrons. The summed E-state index contributed by atoms with van der Waals surface area (Å²) in [6.45, 7) is 1.97. The summed E-state index contributed by atoms with van der Waals surface area (Å²) in [6.07, 6.45) is 4.35. The Labute approximate surface area is 128 Å². The van der Waals surface area contributed by atoms with Gasteiger partial charge in [0.1, 0.15) is 11.8 Å². The number of rotatable bonds is 2. The van der Waals surface area contributed by atoms with Gasteiger partial charge >= 0.3 is 0 Å². The smallest absolute Gasteiger partial charge is 0.238 e. The SMILES string of the molecule is COc1ncc(C#Cc2cc(C=O)ccc2C)c2cc[nH]c12. The molecular weight excluding hydrogens is 276 g/mol. The summed E-state index contributed by atoms with van der Waals surface area (Å²) in [7, 11) is 1.59. The van der Waals surface area contributed by atoms with E-state index >= 15 is 0 Å². The standard InChI is InChI=1S/C18H14N2O2/c1-12-3-4-13(11-21)9-14(12)5-6-15-10-20-18(22-2)17-16(15)7-8-19-17/h3-4,7-11,19H,1-2H3. The lowest BCUT2D eigenvalue weighted by Crippen LogP contribution is -1.91. The van der Waals surface area contributed by atoms with Crippen molar-refractivity contribution in [3.8, 4) is 17.7 Å². The minimum Gasteiger partial charge on any atom is -0.479 e. The molecule has 0 unspecified atom stereocenters. The lowest BCUT2D eigenvalue weighted by Gasteiger charge is -2.02. The first-order chi connectivity index (χ1) is 10.7. The molecular formula is C18H14N2O2. The van der Waals surface area contributed by atoms with Crippen molar-refractivity contribution < 1.29 is 9.53 Å². The van der Waals surface area contributed by atoms with Crippen molar-refractivity contribution >= 4 is 17.2 Å². The number of methoxy groups -OCH3 is 1. The third-order valence-electron chi connectivity index (χ3n) is 3.48. The number of nitrogens with one attached hydrogen (secondary N) is 1. The molecule has 0 atom stereocenters. The summed E-state index contributed by atoms with van der Waals surface area (Å²) in [6, 6.07) is 7.41. The van der Waals surface area contributed by atoms with Gasteiger partial charge in [-0.3, -0.25) is 4.79 Å². The number of H-pyrrole nitrogens is 1. The summed E-state index contributed by atoms with van der Waals surface area (Å²) in [5.74, 6) is 6.80. The second-order valence-corrected chi connectivity index (χ2v) is 4.89. The lowest BCUT2D eigenvalue weighted by atomic mass is 10.1. The normalized spacial score (nSPS) is 10.1. The van der Waals surface area contributed by atoms with Gasteiger partial charge in [0.15, 0.2) is 0 Å². The molecule has 0 aliphatic rings. The molecule has 3 aromatic rings. The van der Waals surface area contributed by atoms with Crippen LogP contribution in [0, 0.1) is 18.8 Å². The third-order valence-corrected chi connectivity index (χ3v) is 3.48. The maximum Gasteiger partial charge on any atom is 0.238 e. The highest BCUT2D eigenvalue weighted by Crippen LogP contribution is 2.24. The zero-order valence-corrected chi connectivity index (χ0v) is 12.3. The fourth-order valence-electron chi connectivity index (χ4n) is 2.26. The van der Waals surface area contributed by atoms with Crippen molar-refractivity contribution in [3.63, 3.8) is 0 Å². The second-order valence-electron chi connectivity index (χ2n) is 4.89. The number of hydrogen-bond donors (Lipinski definition) is 1. The van der Waals surface area contributed by atoms with Crippen molar-refractivity contribution in [2.24, 2.45) is 0 Å². The van der Waals surface area contributed by atoms with E-state index in [9.17, 15) is 4.79 Å². The number of benzene rings is 1. The molecule has 0 spiro atoms. The largest absolute Gasteiger partial charge is 0.479 e. The van der Waals surface area contributed by atoms with E-state index < -0.39 is 0 Å². The zero-order valence-electron chi connectivity index (χ0n) is 12.3. The highest BCUT2D eigenvalue weighted by Gasteiger charge is 2.07. The van der Waals surface area contributed by atoms with Crippen molar-refractivity contribution in [2.45, 2.75) is 6.92 Å². The third kappa shape index (κ3) is 2.45. The number of fused-ring (bicyclic) bond motifs is 1. The first kappa shape index (κ1) is 13.9. The Balaban J connectivity index is 2.09. The highest BCUT2D eigenvalue weighted by molar-refractivity contribution is 5.89. The Hall–Kier alpha value is -3.06. The van der Waals surface area contributed by atoms with Crippen molar-refractivity contribution in [2.75, 3.05) is 7.11 Å². The van der Waals surface area contributed by atoms with Crippen molar-refractivity contribution in [1.82, 2.24) is 9.97 Å². The Morgan fingerprint density at radius 1 is 1.23 bits per heavy atom. The summed E-state index contributed by atoms with van der Waals surface area (Å²) >= 11 is 0. The molecule has 0 saturated carbocycles.